The van der Waals surface area contributed by atoms with Gasteiger partial charge in [0.25, 0.3) is 0 Å². The lowest BCUT2D eigenvalue weighted by molar-refractivity contribution is 0.0685. The summed E-state index contributed by atoms with van der Waals surface area (Å²) in [5.74, 6) is 1.11. The molecule has 0 aromatic carbocycles. The van der Waals surface area contributed by atoms with Crippen molar-refractivity contribution in [1.82, 2.24) is 4.98 Å². The van der Waals surface area contributed by atoms with E-state index in [4.69, 9.17) is 9.72 Å². The standard InChI is InChI=1S/C15H26N2O2S/c1-4-11(2)14-13(10-18)20-15(16-14)17(3)9-12-5-7-19-8-6-12/h11-12,18H,4-10H2,1-3H3. The first-order valence-electron chi connectivity index (χ1n) is 7.55. The minimum Gasteiger partial charge on any atom is -0.391 e. The number of rotatable bonds is 6. The third-order valence-corrected chi connectivity index (χ3v) is 5.31. The van der Waals surface area contributed by atoms with Gasteiger partial charge in [-0.3, -0.25) is 0 Å². The van der Waals surface area contributed by atoms with E-state index in [1.54, 1.807) is 11.3 Å². The van der Waals surface area contributed by atoms with Crippen molar-refractivity contribution in [3.63, 3.8) is 0 Å². The summed E-state index contributed by atoms with van der Waals surface area (Å²) in [4.78, 5) is 8.03. The fraction of sp³-hybridized carbons (Fsp3) is 0.800. The number of hydrogen-bond acceptors (Lipinski definition) is 5. The van der Waals surface area contributed by atoms with Crippen LogP contribution >= 0.6 is 11.3 Å². The zero-order valence-electron chi connectivity index (χ0n) is 12.8. The highest BCUT2D eigenvalue weighted by molar-refractivity contribution is 7.15. The lowest BCUT2D eigenvalue weighted by atomic mass is 10.0. The van der Waals surface area contributed by atoms with E-state index in [-0.39, 0.29) is 6.61 Å². The van der Waals surface area contributed by atoms with E-state index in [0.717, 1.165) is 54.7 Å². The summed E-state index contributed by atoms with van der Waals surface area (Å²) in [6.07, 6.45) is 3.33. The molecule has 114 valence electrons. The van der Waals surface area contributed by atoms with E-state index >= 15 is 0 Å². The third kappa shape index (κ3) is 3.71. The maximum Gasteiger partial charge on any atom is 0.185 e. The van der Waals surface area contributed by atoms with Gasteiger partial charge in [0.15, 0.2) is 5.13 Å². The number of ether oxygens (including phenoxy) is 1. The van der Waals surface area contributed by atoms with Gasteiger partial charge in [0, 0.05) is 26.8 Å². The SMILES string of the molecule is CCC(C)c1nc(N(C)CC2CCOCC2)sc1CO. The van der Waals surface area contributed by atoms with Crippen LogP contribution in [0, 0.1) is 5.92 Å². The Morgan fingerprint density at radius 1 is 1.45 bits per heavy atom. The van der Waals surface area contributed by atoms with E-state index in [1.165, 1.54) is 0 Å². The van der Waals surface area contributed by atoms with Crippen molar-refractivity contribution in [2.24, 2.45) is 5.92 Å². The first-order chi connectivity index (χ1) is 9.65. The van der Waals surface area contributed by atoms with Crippen LogP contribution in [0.2, 0.25) is 0 Å². The summed E-state index contributed by atoms with van der Waals surface area (Å²) in [6, 6.07) is 0. The monoisotopic (exact) mass is 298 g/mol. The van der Waals surface area contributed by atoms with Gasteiger partial charge in [-0.05, 0) is 31.1 Å². The highest BCUT2D eigenvalue weighted by Crippen LogP contribution is 2.32. The summed E-state index contributed by atoms with van der Waals surface area (Å²) >= 11 is 1.63. The maximum absolute atomic E-state index is 9.51. The molecule has 0 spiro atoms. The van der Waals surface area contributed by atoms with E-state index in [0.29, 0.717) is 11.8 Å². The molecule has 1 aliphatic rings. The molecule has 1 saturated heterocycles. The van der Waals surface area contributed by atoms with Crippen LogP contribution < -0.4 is 4.90 Å². The summed E-state index contributed by atoms with van der Waals surface area (Å²) < 4.78 is 5.41. The van der Waals surface area contributed by atoms with Crippen LogP contribution in [0.4, 0.5) is 5.13 Å². The second kappa shape index (κ2) is 7.38. The summed E-state index contributed by atoms with van der Waals surface area (Å²) in [5.41, 5.74) is 1.08. The lowest BCUT2D eigenvalue weighted by Gasteiger charge is -2.26. The quantitative estimate of drug-likeness (QED) is 0.877. The van der Waals surface area contributed by atoms with Crippen molar-refractivity contribution in [3.05, 3.63) is 10.6 Å². The Hall–Kier alpha value is -0.650. The largest absolute Gasteiger partial charge is 0.391 e. The van der Waals surface area contributed by atoms with Crippen LogP contribution in [-0.2, 0) is 11.3 Å². The first kappa shape index (κ1) is 15.7. The van der Waals surface area contributed by atoms with Gasteiger partial charge < -0.3 is 14.7 Å². The van der Waals surface area contributed by atoms with Gasteiger partial charge in [-0.15, -0.1) is 0 Å². The molecule has 1 unspecified atom stereocenters. The molecular weight excluding hydrogens is 272 g/mol. The normalized spacial score (nSPS) is 18.2. The number of aliphatic hydroxyl groups excluding tert-OH is 1. The molecule has 2 heterocycles. The Bertz CT molecular complexity index is 416. The molecule has 0 radical (unpaired) electrons. The topological polar surface area (TPSA) is 45.6 Å². The molecule has 0 amide bonds. The van der Waals surface area contributed by atoms with Crippen LogP contribution in [-0.4, -0.2) is 36.9 Å². The molecule has 1 fully saturated rings. The number of thiazole rings is 1. The van der Waals surface area contributed by atoms with E-state index in [1.807, 2.05) is 0 Å². The molecule has 1 N–H and O–H groups in total. The van der Waals surface area contributed by atoms with Gasteiger partial charge >= 0.3 is 0 Å². The maximum atomic E-state index is 9.51. The predicted molar refractivity (Wildman–Crippen MR) is 83.6 cm³/mol. The van der Waals surface area contributed by atoms with Crippen LogP contribution in [0.25, 0.3) is 0 Å². The van der Waals surface area contributed by atoms with Crippen molar-refractivity contribution in [2.45, 2.75) is 45.6 Å². The second-order valence-corrected chi connectivity index (χ2v) is 6.77. The average molecular weight is 298 g/mol. The lowest BCUT2D eigenvalue weighted by Crippen LogP contribution is -2.29. The molecule has 0 saturated carbocycles. The van der Waals surface area contributed by atoms with Crippen LogP contribution in [0.1, 0.15) is 49.6 Å². The predicted octanol–water partition coefficient (Wildman–Crippen LogP) is 3.01. The smallest absolute Gasteiger partial charge is 0.185 e. The molecular formula is C15H26N2O2S. The molecule has 4 nitrogen and oxygen atoms in total. The average Bonchev–Trinajstić information content (AvgIpc) is 2.92. The fourth-order valence-corrected chi connectivity index (χ4v) is 3.61. The zero-order chi connectivity index (χ0) is 14.5. The Morgan fingerprint density at radius 2 is 2.15 bits per heavy atom. The Labute approximate surface area is 125 Å². The zero-order valence-corrected chi connectivity index (χ0v) is 13.6. The molecule has 2 rings (SSSR count). The van der Waals surface area contributed by atoms with E-state index in [2.05, 4.69) is 25.8 Å². The first-order valence-corrected chi connectivity index (χ1v) is 8.36. The Balaban J connectivity index is 2.05. The van der Waals surface area contributed by atoms with Crippen molar-refractivity contribution in [3.8, 4) is 0 Å². The van der Waals surface area contributed by atoms with Crippen LogP contribution in [0.15, 0.2) is 0 Å². The summed E-state index contributed by atoms with van der Waals surface area (Å²) in [6.45, 7) is 7.24. The molecule has 1 aromatic rings. The molecule has 5 heteroatoms. The summed E-state index contributed by atoms with van der Waals surface area (Å²) in [5, 5.41) is 10.6. The molecule has 0 bridgehead atoms. The second-order valence-electron chi connectivity index (χ2n) is 5.71. The number of aromatic nitrogens is 1. The molecule has 20 heavy (non-hydrogen) atoms. The molecule has 1 atom stereocenters. The van der Waals surface area contributed by atoms with Crippen LogP contribution in [0.3, 0.4) is 0 Å². The number of anilines is 1. The van der Waals surface area contributed by atoms with E-state index < -0.39 is 0 Å². The Morgan fingerprint density at radius 3 is 2.75 bits per heavy atom. The fourth-order valence-electron chi connectivity index (χ4n) is 2.60. The van der Waals surface area contributed by atoms with Gasteiger partial charge in [-0.1, -0.05) is 25.2 Å². The molecule has 0 aliphatic carbocycles. The van der Waals surface area contributed by atoms with Gasteiger partial charge in [-0.2, -0.15) is 0 Å². The minimum atomic E-state index is 0.0997. The van der Waals surface area contributed by atoms with Crippen molar-refractivity contribution in [2.75, 3.05) is 31.7 Å². The van der Waals surface area contributed by atoms with Gasteiger partial charge in [-0.25, -0.2) is 4.98 Å². The van der Waals surface area contributed by atoms with Crippen molar-refractivity contribution < 1.29 is 9.84 Å². The highest BCUT2D eigenvalue weighted by Gasteiger charge is 2.20. The molecule has 1 aromatic heterocycles. The highest BCUT2D eigenvalue weighted by atomic mass is 32.1. The minimum absolute atomic E-state index is 0.0997. The Kier molecular flexibility index (Phi) is 5.81. The number of aliphatic hydroxyl groups is 1. The van der Waals surface area contributed by atoms with Crippen molar-refractivity contribution in [1.29, 1.82) is 0 Å². The number of hydrogen-bond donors (Lipinski definition) is 1. The van der Waals surface area contributed by atoms with Crippen LogP contribution in [0.5, 0.6) is 0 Å². The third-order valence-electron chi connectivity index (χ3n) is 4.14. The van der Waals surface area contributed by atoms with Gasteiger partial charge in [0.2, 0.25) is 0 Å². The van der Waals surface area contributed by atoms with Crippen molar-refractivity contribution >= 4 is 16.5 Å². The van der Waals surface area contributed by atoms with Gasteiger partial charge in [0.05, 0.1) is 17.2 Å². The summed E-state index contributed by atoms with van der Waals surface area (Å²) in [7, 11) is 2.11. The number of nitrogens with zero attached hydrogens (tertiary/aromatic N) is 2. The van der Waals surface area contributed by atoms with Gasteiger partial charge in [0.1, 0.15) is 0 Å². The van der Waals surface area contributed by atoms with E-state index in [9.17, 15) is 5.11 Å². The molecule has 1 aliphatic heterocycles.